The van der Waals surface area contributed by atoms with Crippen molar-refractivity contribution in [2.75, 3.05) is 12.1 Å². The van der Waals surface area contributed by atoms with Gasteiger partial charge in [0.2, 0.25) is 0 Å². The van der Waals surface area contributed by atoms with Gasteiger partial charge in [0.1, 0.15) is 29.8 Å². The molecule has 4 unspecified atom stereocenters. The summed E-state index contributed by atoms with van der Waals surface area (Å²) in [7, 11) is 0. The van der Waals surface area contributed by atoms with Gasteiger partial charge in [-0.1, -0.05) is 0 Å². The number of aromatic nitrogens is 3. The smallest absolute Gasteiger partial charge is 0.167 e. The number of hydrogen-bond acceptors (Lipinski definition) is 8. The van der Waals surface area contributed by atoms with E-state index in [1.807, 2.05) is 5.48 Å². The van der Waals surface area contributed by atoms with Gasteiger partial charge in [0.25, 0.3) is 0 Å². The second-order valence-corrected chi connectivity index (χ2v) is 5.63. The molecule has 5 N–H and O–H groups in total. The third kappa shape index (κ3) is 1.98. The van der Waals surface area contributed by atoms with Crippen LogP contribution in [0.1, 0.15) is 18.7 Å². The van der Waals surface area contributed by atoms with E-state index in [0.717, 1.165) is 5.56 Å². The van der Waals surface area contributed by atoms with E-state index >= 15 is 0 Å². The molecule has 1 fully saturated rings. The average molecular weight is 310 g/mol. The van der Waals surface area contributed by atoms with Crippen molar-refractivity contribution in [2.24, 2.45) is 0 Å². The van der Waals surface area contributed by atoms with Gasteiger partial charge in [-0.15, -0.1) is 0 Å². The van der Waals surface area contributed by atoms with E-state index in [-0.39, 0.29) is 5.82 Å². The van der Waals surface area contributed by atoms with Gasteiger partial charge in [0.15, 0.2) is 12.0 Å². The highest BCUT2D eigenvalue weighted by molar-refractivity contribution is 5.90. The highest BCUT2D eigenvalue weighted by Crippen LogP contribution is 2.40. The summed E-state index contributed by atoms with van der Waals surface area (Å²) in [6.07, 6.45) is -0.114. The van der Waals surface area contributed by atoms with Crippen molar-refractivity contribution in [3.8, 4) is 0 Å². The first-order valence-electron chi connectivity index (χ1n) is 6.80. The van der Waals surface area contributed by atoms with E-state index in [9.17, 15) is 15.3 Å². The van der Waals surface area contributed by atoms with Gasteiger partial charge >= 0.3 is 0 Å². The van der Waals surface area contributed by atoms with E-state index in [1.54, 1.807) is 17.7 Å². The number of aliphatic hydroxyl groups is 3. The maximum absolute atomic E-state index is 10.6. The molecule has 0 spiro atoms. The van der Waals surface area contributed by atoms with Crippen LogP contribution in [0.3, 0.4) is 0 Å². The van der Waals surface area contributed by atoms with Gasteiger partial charge in [-0.2, -0.15) is 0 Å². The Morgan fingerprint density at radius 2 is 2.18 bits per heavy atom. The van der Waals surface area contributed by atoms with E-state index in [4.69, 9.17) is 9.94 Å². The van der Waals surface area contributed by atoms with Gasteiger partial charge in [-0.05, 0) is 19.4 Å². The minimum atomic E-state index is -1.61. The minimum Gasteiger partial charge on any atom is -0.394 e. The summed E-state index contributed by atoms with van der Waals surface area (Å²) in [6, 6.07) is 0. The molecule has 3 heterocycles. The Morgan fingerprint density at radius 3 is 2.77 bits per heavy atom. The molecule has 22 heavy (non-hydrogen) atoms. The fourth-order valence-corrected chi connectivity index (χ4v) is 2.92. The van der Waals surface area contributed by atoms with Crippen molar-refractivity contribution >= 4 is 16.9 Å². The zero-order chi connectivity index (χ0) is 16.1. The predicted molar refractivity (Wildman–Crippen MR) is 75.3 cm³/mol. The Morgan fingerprint density at radius 1 is 1.45 bits per heavy atom. The number of hydrogen-bond donors (Lipinski definition) is 5. The van der Waals surface area contributed by atoms with Crippen LogP contribution in [0, 0.1) is 6.92 Å². The molecule has 4 atom stereocenters. The van der Waals surface area contributed by atoms with Crippen molar-refractivity contribution in [2.45, 2.75) is 37.9 Å². The molecular weight excluding hydrogens is 292 g/mol. The molecule has 2 aromatic heterocycles. The number of nitrogens with one attached hydrogen (secondary N) is 1. The lowest BCUT2D eigenvalue weighted by Crippen LogP contribution is -2.44. The Bertz CT molecular complexity index is 701. The second kappa shape index (κ2) is 5.14. The zero-order valence-electron chi connectivity index (χ0n) is 12.1. The number of anilines is 1. The molecule has 0 bridgehead atoms. The van der Waals surface area contributed by atoms with E-state index in [2.05, 4.69) is 9.97 Å². The molecule has 3 rings (SSSR count). The van der Waals surface area contributed by atoms with Crippen LogP contribution < -0.4 is 5.48 Å². The molecule has 1 saturated heterocycles. The third-order valence-electron chi connectivity index (χ3n) is 4.09. The summed E-state index contributed by atoms with van der Waals surface area (Å²) < 4.78 is 7.15. The molecule has 0 radical (unpaired) electrons. The van der Waals surface area contributed by atoms with E-state index in [0.29, 0.717) is 11.0 Å². The highest BCUT2D eigenvalue weighted by atomic mass is 16.6. The fraction of sp³-hybridized carbons (Fsp3) is 0.538. The summed E-state index contributed by atoms with van der Waals surface area (Å²) in [5, 5.41) is 39.6. The van der Waals surface area contributed by atoms with Gasteiger partial charge in [-0.3, -0.25) is 10.7 Å². The molecule has 1 aliphatic heterocycles. The van der Waals surface area contributed by atoms with Gasteiger partial charge in [0, 0.05) is 6.20 Å². The Balaban J connectivity index is 2.15. The van der Waals surface area contributed by atoms with Crippen LogP contribution >= 0.6 is 0 Å². The molecule has 1 aliphatic rings. The molecule has 0 amide bonds. The van der Waals surface area contributed by atoms with Crippen LogP contribution in [0.2, 0.25) is 0 Å². The van der Waals surface area contributed by atoms with Crippen LogP contribution in [-0.4, -0.2) is 59.5 Å². The standard InChI is InChI=1S/C13H18N4O5/c1-6-3-17(11-8(6)10(16-21)14-5-15-11)12-13(2,20)9(19)7(4-18)22-12/h3,5,7,9,12,18-21H,4H2,1-2H3,(H,14,15,16). The molecule has 0 aromatic carbocycles. The molecule has 0 saturated carbocycles. The maximum atomic E-state index is 10.6. The third-order valence-corrected chi connectivity index (χ3v) is 4.09. The Hall–Kier alpha value is -1.78. The summed E-state index contributed by atoms with van der Waals surface area (Å²) in [6.45, 7) is 2.82. The average Bonchev–Trinajstić information content (AvgIpc) is 2.95. The van der Waals surface area contributed by atoms with Crippen molar-refractivity contribution < 1.29 is 25.3 Å². The van der Waals surface area contributed by atoms with Crippen LogP contribution in [0.4, 0.5) is 5.82 Å². The largest absolute Gasteiger partial charge is 0.394 e. The van der Waals surface area contributed by atoms with Crippen molar-refractivity contribution in [1.29, 1.82) is 0 Å². The van der Waals surface area contributed by atoms with Crippen LogP contribution in [0.5, 0.6) is 0 Å². The molecule has 9 heteroatoms. The zero-order valence-corrected chi connectivity index (χ0v) is 12.1. The molecule has 2 aromatic rings. The van der Waals surface area contributed by atoms with Crippen LogP contribution in [-0.2, 0) is 4.74 Å². The quantitative estimate of drug-likeness (QED) is 0.481. The van der Waals surface area contributed by atoms with E-state index in [1.165, 1.54) is 13.3 Å². The maximum Gasteiger partial charge on any atom is 0.167 e. The van der Waals surface area contributed by atoms with Crippen LogP contribution in [0.25, 0.3) is 11.0 Å². The monoisotopic (exact) mass is 310 g/mol. The van der Waals surface area contributed by atoms with Crippen molar-refractivity contribution in [3.63, 3.8) is 0 Å². The van der Waals surface area contributed by atoms with Gasteiger partial charge in [-0.25, -0.2) is 9.97 Å². The van der Waals surface area contributed by atoms with Crippen molar-refractivity contribution in [1.82, 2.24) is 14.5 Å². The first-order chi connectivity index (χ1) is 10.4. The van der Waals surface area contributed by atoms with Gasteiger partial charge in [0.05, 0.1) is 12.0 Å². The summed E-state index contributed by atoms with van der Waals surface area (Å²) in [4.78, 5) is 8.09. The van der Waals surface area contributed by atoms with Crippen molar-refractivity contribution in [3.05, 3.63) is 18.1 Å². The second-order valence-electron chi connectivity index (χ2n) is 5.63. The Kier molecular flexibility index (Phi) is 3.54. The lowest BCUT2D eigenvalue weighted by Gasteiger charge is -2.27. The first kappa shape index (κ1) is 15.1. The number of nitrogens with zero attached hydrogens (tertiary/aromatic N) is 3. The number of ether oxygens (including phenoxy) is 1. The van der Waals surface area contributed by atoms with Crippen LogP contribution in [0.15, 0.2) is 12.5 Å². The van der Waals surface area contributed by atoms with Gasteiger partial charge < -0.3 is 24.6 Å². The number of rotatable bonds is 3. The Labute approximate surface area is 125 Å². The number of aliphatic hydroxyl groups excluding tert-OH is 2. The summed E-state index contributed by atoms with van der Waals surface area (Å²) in [5.41, 5.74) is 1.59. The molecular formula is C13H18N4O5. The lowest BCUT2D eigenvalue weighted by molar-refractivity contribution is -0.0948. The lowest BCUT2D eigenvalue weighted by atomic mass is 9.96. The molecule has 9 nitrogen and oxygen atoms in total. The number of fused-ring (bicyclic) bond motifs is 1. The van der Waals surface area contributed by atoms with E-state index < -0.39 is 30.6 Å². The predicted octanol–water partition coefficient (Wildman–Crippen LogP) is -0.458. The molecule has 120 valence electrons. The minimum absolute atomic E-state index is 0.234. The topological polar surface area (TPSA) is 133 Å². The first-order valence-corrected chi connectivity index (χ1v) is 6.80. The summed E-state index contributed by atoms with van der Waals surface area (Å²) >= 11 is 0. The number of aryl methyl sites for hydroxylation is 1. The highest BCUT2D eigenvalue weighted by Gasteiger charge is 2.53. The molecule has 0 aliphatic carbocycles. The normalized spacial score (nSPS) is 31.8. The summed E-state index contributed by atoms with van der Waals surface area (Å²) in [5.74, 6) is 0.234. The SMILES string of the molecule is Cc1cn(C2OC(CO)C(O)C2(C)O)c2ncnc(NO)c12. The fourth-order valence-electron chi connectivity index (χ4n) is 2.92.